The molecule has 0 atom stereocenters. The van der Waals surface area contributed by atoms with Gasteiger partial charge in [-0.25, -0.2) is 9.59 Å². The van der Waals surface area contributed by atoms with Gasteiger partial charge in [0, 0.05) is 0 Å². The third-order valence-corrected chi connectivity index (χ3v) is 3.52. The van der Waals surface area contributed by atoms with Crippen molar-refractivity contribution in [3.05, 3.63) is 59.7 Å². The van der Waals surface area contributed by atoms with E-state index in [4.69, 9.17) is 14.6 Å². The first-order valence-electron chi connectivity index (χ1n) is 5.67. The van der Waals surface area contributed by atoms with Gasteiger partial charge in [0.05, 0.1) is 11.1 Å². The third-order valence-electron chi connectivity index (χ3n) is 2.55. The van der Waals surface area contributed by atoms with Crippen LogP contribution in [0.25, 0.3) is 0 Å². The summed E-state index contributed by atoms with van der Waals surface area (Å²) in [5.41, 5.74) is 0.200. The smallest absolute Gasteiger partial charge is 0.352 e. The number of aromatic carboxylic acids is 2. The van der Waals surface area contributed by atoms with Crippen LogP contribution in [0.4, 0.5) is 0 Å². The van der Waals surface area contributed by atoms with Gasteiger partial charge < -0.3 is 14.6 Å². The predicted molar refractivity (Wildman–Crippen MR) is 72.8 cm³/mol. The summed E-state index contributed by atoms with van der Waals surface area (Å²) < 4.78 is 5.46. The van der Waals surface area contributed by atoms with Gasteiger partial charge >= 0.3 is 21.7 Å². The van der Waals surface area contributed by atoms with E-state index in [-0.39, 0.29) is 26.6 Å². The molecule has 0 saturated carbocycles. The van der Waals surface area contributed by atoms with Gasteiger partial charge in [0.1, 0.15) is 5.75 Å². The van der Waals surface area contributed by atoms with E-state index < -0.39 is 11.9 Å². The predicted octanol–water partition coefficient (Wildman–Crippen LogP) is 1.41. The van der Waals surface area contributed by atoms with E-state index in [9.17, 15) is 9.59 Å². The van der Waals surface area contributed by atoms with E-state index in [0.29, 0.717) is 5.19 Å². The van der Waals surface area contributed by atoms with Gasteiger partial charge in [0.25, 0.3) is 0 Å². The first-order chi connectivity index (χ1) is 9.59. The van der Waals surface area contributed by atoms with Crippen molar-refractivity contribution in [1.82, 2.24) is 0 Å². The molecule has 0 unspecified atom stereocenters. The van der Waals surface area contributed by atoms with E-state index in [0.717, 1.165) is 0 Å². The molecule has 0 spiro atoms. The van der Waals surface area contributed by atoms with Gasteiger partial charge in [-0.1, -0.05) is 30.3 Å². The molecule has 2 aromatic rings. The summed E-state index contributed by atoms with van der Waals surface area (Å²) in [5, 5.41) is 18.6. The molecule has 0 aliphatic heterocycles. The molecule has 2 radical (unpaired) electrons. The van der Waals surface area contributed by atoms with Crippen molar-refractivity contribution < 1.29 is 24.2 Å². The fourth-order valence-electron chi connectivity index (χ4n) is 1.60. The van der Waals surface area contributed by atoms with Crippen molar-refractivity contribution in [2.45, 2.75) is 0 Å². The Bertz CT molecular complexity index is 596. The summed E-state index contributed by atoms with van der Waals surface area (Å²) in [7, 11) is -0.282. The zero-order chi connectivity index (χ0) is 14.5. The fraction of sp³-hybridized carbons (Fsp3) is 0. The van der Waals surface area contributed by atoms with E-state index in [1.54, 1.807) is 36.4 Å². The average molecular weight is 286 g/mol. The van der Waals surface area contributed by atoms with Crippen molar-refractivity contribution in [2.24, 2.45) is 0 Å². The molecule has 6 heteroatoms. The Balaban J connectivity index is 2.22. The Kier molecular flexibility index (Phi) is 4.16. The number of carbonyl (C=O) groups is 2. The Morgan fingerprint density at radius 3 is 2.05 bits per heavy atom. The summed E-state index contributed by atoms with van der Waals surface area (Å²) in [6, 6.07) is 12.7. The standard InChI is InChI=1S/C14H10O5Si/c15-13(16)9-5-1-3-7-11(9)19-20-12-8-4-2-6-10(12)14(17)18/h1-8H,(H,15,16)(H,17,18). The number of carboxylic acids is 2. The molecule has 0 aromatic heterocycles. The number of carboxylic acid groups (broad SMARTS) is 2. The fourth-order valence-corrected chi connectivity index (χ4v) is 2.46. The van der Waals surface area contributed by atoms with E-state index in [1.165, 1.54) is 12.1 Å². The van der Waals surface area contributed by atoms with Crippen molar-refractivity contribution in [3.63, 3.8) is 0 Å². The highest BCUT2D eigenvalue weighted by Crippen LogP contribution is 2.17. The molecule has 20 heavy (non-hydrogen) atoms. The molecule has 0 heterocycles. The number of rotatable bonds is 5. The second-order valence-electron chi connectivity index (χ2n) is 3.86. The number of benzene rings is 2. The van der Waals surface area contributed by atoms with Crippen LogP contribution in [0.5, 0.6) is 5.75 Å². The van der Waals surface area contributed by atoms with Gasteiger partial charge in [0.15, 0.2) is 0 Å². The molecule has 100 valence electrons. The van der Waals surface area contributed by atoms with Crippen LogP contribution < -0.4 is 9.61 Å². The third kappa shape index (κ3) is 3.04. The van der Waals surface area contributed by atoms with Crippen LogP contribution in [-0.4, -0.2) is 31.9 Å². The highest BCUT2D eigenvalue weighted by molar-refractivity contribution is 6.50. The van der Waals surface area contributed by atoms with Gasteiger partial charge in [-0.05, 0) is 23.4 Å². The number of hydrogen-bond acceptors (Lipinski definition) is 3. The lowest BCUT2D eigenvalue weighted by Gasteiger charge is -2.09. The van der Waals surface area contributed by atoms with E-state index in [2.05, 4.69) is 0 Å². The molecule has 0 amide bonds. The molecule has 2 rings (SSSR count). The van der Waals surface area contributed by atoms with Crippen LogP contribution >= 0.6 is 0 Å². The molecule has 2 N–H and O–H groups in total. The molecule has 2 aromatic carbocycles. The Morgan fingerprint density at radius 1 is 0.850 bits per heavy atom. The lowest BCUT2D eigenvalue weighted by atomic mass is 10.2. The lowest BCUT2D eigenvalue weighted by Crippen LogP contribution is -2.27. The first-order valence-corrected chi connectivity index (χ1v) is 6.58. The van der Waals surface area contributed by atoms with Crippen molar-refractivity contribution in [1.29, 1.82) is 0 Å². The lowest BCUT2D eigenvalue weighted by molar-refractivity contribution is 0.0685. The first kappa shape index (κ1) is 13.8. The summed E-state index contributed by atoms with van der Waals surface area (Å²) in [5.74, 6) is -1.90. The molecule has 0 saturated heterocycles. The molecular formula is C14H10O5Si. The van der Waals surface area contributed by atoms with Crippen LogP contribution in [0.15, 0.2) is 48.5 Å². The molecule has 0 aliphatic carbocycles. The van der Waals surface area contributed by atoms with Crippen LogP contribution in [0, 0.1) is 0 Å². The largest absolute Gasteiger partial charge is 0.535 e. The van der Waals surface area contributed by atoms with Crippen LogP contribution in [0.2, 0.25) is 0 Å². The van der Waals surface area contributed by atoms with Crippen molar-refractivity contribution >= 4 is 26.9 Å². The Morgan fingerprint density at radius 2 is 1.40 bits per heavy atom. The highest BCUT2D eigenvalue weighted by atomic mass is 28.2. The van der Waals surface area contributed by atoms with Crippen molar-refractivity contribution in [2.75, 3.05) is 0 Å². The minimum atomic E-state index is -1.09. The number of para-hydroxylation sites is 1. The second kappa shape index (κ2) is 6.03. The monoisotopic (exact) mass is 286 g/mol. The average Bonchev–Trinajstić information content (AvgIpc) is 2.45. The highest BCUT2D eigenvalue weighted by Gasteiger charge is 2.14. The molecule has 0 bridgehead atoms. The maximum Gasteiger partial charge on any atom is 0.352 e. The summed E-state index contributed by atoms with van der Waals surface area (Å²) >= 11 is 0. The Labute approximate surface area is 117 Å². The van der Waals surface area contributed by atoms with Gasteiger partial charge in [-0.15, -0.1) is 0 Å². The summed E-state index contributed by atoms with van der Waals surface area (Å²) in [4.78, 5) is 22.1. The normalized spacial score (nSPS) is 10.0. The van der Waals surface area contributed by atoms with E-state index >= 15 is 0 Å². The molecule has 0 fully saturated rings. The van der Waals surface area contributed by atoms with Crippen LogP contribution in [0.1, 0.15) is 20.7 Å². The Hall–Kier alpha value is -2.60. The maximum absolute atomic E-state index is 11.1. The maximum atomic E-state index is 11.1. The van der Waals surface area contributed by atoms with Gasteiger partial charge in [0.2, 0.25) is 0 Å². The molecule has 0 aliphatic rings. The van der Waals surface area contributed by atoms with Gasteiger partial charge in [-0.3, -0.25) is 0 Å². The van der Waals surface area contributed by atoms with E-state index in [1.807, 2.05) is 0 Å². The molecular weight excluding hydrogens is 276 g/mol. The summed E-state index contributed by atoms with van der Waals surface area (Å²) in [6.07, 6.45) is 0. The topological polar surface area (TPSA) is 83.8 Å². The minimum Gasteiger partial charge on any atom is -0.535 e. The van der Waals surface area contributed by atoms with Crippen LogP contribution in [0.3, 0.4) is 0 Å². The van der Waals surface area contributed by atoms with Crippen molar-refractivity contribution in [3.8, 4) is 5.75 Å². The number of hydrogen-bond donors (Lipinski definition) is 2. The SMILES string of the molecule is O=C(O)c1ccccc1O[Si]c1ccccc1C(=O)O. The molecule has 5 nitrogen and oxygen atoms in total. The zero-order valence-electron chi connectivity index (χ0n) is 10.2. The van der Waals surface area contributed by atoms with Crippen LogP contribution in [-0.2, 0) is 0 Å². The second-order valence-corrected chi connectivity index (χ2v) is 4.80. The minimum absolute atomic E-state index is 0.0489. The van der Waals surface area contributed by atoms with Gasteiger partial charge in [-0.2, -0.15) is 0 Å². The zero-order valence-corrected chi connectivity index (χ0v) is 11.2. The quantitative estimate of drug-likeness (QED) is 0.812. The summed E-state index contributed by atoms with van der Waals surface area (Å²) in [6.45, 7) is 0.